The summed E-state index contributed by atoms with van der Waals surface area (Å²) in [6.45, 7) is 6.78. The number of allylic oxidation sites excluding steroid dienone is 12. The normalized spacial score (nSPS) is 41.5. The van der Waals surface area contributed by atoms with E-state index in [-0.39, 0.29) is 31.6 Å². The molecule has 2 bridgehead atoms. The lowest BCUT2D eigenvalue weighted by Crippen LogP contribution is -2.61. The molecule has 0 aromatic heterocycles. The van der Waals surface area contributed by atoms with Gasteiger partial charge in [0.05, 0.1) is 86.7 Å². The van der Waals surface area contributed by atoms with Crippen LogP contribution in [-0.4, -0.2) is 168 Å². The van der Waals surface area contributed by atoms with Crippen molar-refractivity contribution in [2.75, 3.05) is 7.11 Å². The number of aliphatic hydroxyl groups excluding tert-OH is 9. The topological polar surface area (TPSA) is 309 Å². The van der Waals surface area contributed by atoms with Crippen molar-refractivity contribution in [3.63, 3.8) is 0 Å². The number of hydrogen-bond donors (Lipinski definition) is 11. The van der Waals surface area contributed by atoms with E-state index in [1.54, 1.807) is 75.5 Å². The maximum absolute atomic E-state index is 13.1. The predicted molar refractivity (Wildman–Crippen MR) is 241 cm³/mol. The van der Waals surface area contributed by atoms with Crippen molar-refractivity contribution >= 4 is 11.9 Å². The molecular weight excluding hydrogens is 868 g/mol. The second-order valence-corrected chi connectivity index (χ2v) is 17.8. The molecule has 18 nitrogen and oxygen atoms in total. The molecule has 3 aliphatic rings. The highest BCUT2D eigenvalue weighted by atomic mass is 16.9. The van der Waals surface area contributed by atoms with Gasteiger partial charge in [-0.05, 0) is 33.1 Å². The largest absolute Gasteiger partial charge is 0.469 e. The summed E-state index contributed by atoms with van der Waals surface area (Å²) in [7, 11) is 1.12. The quantitative estimate of drug-likeness (QED) is 0.138. The van der Waals surface area contributed by atoms with Crippen molar-refractivity contribution < 1.29 is 84.3 Å². The Hall–Kier alpha value is -3.44. The summed E-state index contributed by atoms with van der Waals surface area (Å²) in [5, 5.41) is 109. The number of aliphatic hydroxyl groups is 10. The molecule has 0 aromatic rings. The molecule has 3 heterocycles. The summed E-state index contributed by atoms with van der Waals surface area (Å²) >= 11 is 0. The second-order valence-electron chi connectivity index (χ2n) is 17.8. The number of ether oxygens (including phenoxy) is 5. The first kappa shape index (κ1) is 56.9. The minimum absolute atomic E-state index is 0.0949. The van der Waals surface area contributed by atoms with E-state index in [0.29, 0.717) is 0 Å². The summed E-state index contributed by atoms with van der Waals surface area (Å²) in [5.74, 6) is -5.93. The van der Waals surface area contributed by atoms with Gasteiger partial charge in [-0.3, -0.25) is 9.59 Å². The minimum Gasteiger partial charge on any atom is -0.469 e. The van der Waals surface area contributed by atoms with E-state index in [2.05, 4.69) is 0 Å². The smallest absolute Gasteiger partial charge is 0.313 e. The second kappa shape index (κ2) is 28.1. The SMILES string of the molecule is COC(=O)[C@H]1[C@@H]2C[C@@H](O[13C@@H]3O[13C@H]([13CH3])[13C@@H](O)[13C@H](N)[13C@@H]3O)C=CC=CC=CC=CC=CC=CC=C[C@H](C)[C@@H](O)[C@@H](C)[C@H](C)OC(=O)C[C@H](O)C[C@H](O)CC[C@@H](O)[C@H](O)C[C@H](O)C[C@](O)(C[C@@H]1O)O2. The Bertz CT molecular complexity index is 1680. The van der Waals surface area contributed by atoms with Crippen LogP contribution in [0.25, 0.3) is 0 Å². The third kappa shape index (κ3) is 18.6. The van der Waals surface area contributed by atoms with E-state index in [9.17, 15) is 60.7 Å². The highest BCUT2D eigenvalue weighted by molar-refractivity contribution is 5.74. The van der Waals surface area contributed by atoms with Crippen molar-refractivity contribution in [2.45, 2.75) is 177 Å². The van der Waals surface area contributed by atoms with Gasteiger partial charge in [0.25, 0.3) is 0 Å². The molecular formula is C48H75NO17. The zero-order valence-electron chi connectivity index (χ0n) is 38.5. The molecule has 3 rings (SSSR count). The molecule has 0 aliphatic carbocycles. The summed E-state index contributed by atoms with van der Waals surface area (Å²) in [6.07, 6.45) is 4.50. The van der Waals surface area contributed by atoms with Gasteiger partial charge in [-0.25, -0.2) is 0 Å². The number of esters is 2. The van der Waals surface area contributed by atoms with Gasteiger partial charge >= 0.3 is 11.9 Å². The fourth-order valence-corrected chi connectivity index (χ4v) is 8.09. The van der Waals surface area contributed by atoms with E-state index in [1.165, 1.54) is 0 Å². The molecule has 0 spiro atoms. The van der Waals surface area contributed by atoms with Gasteiger partial charge in [0.2, 0.25) is 0 Å². The number of rotatable bonds is 3. The van der Waals surface area contributed by atoms with Crippen molar-refractivity contribution in [3.05, 3.63) is 85.1 Å². The number of carbonyl (C=O) groups excluding carboxylic acids is 2. The maximum atomic E-state index is 13.1. The van der Waals surface area contributed by atoms with Crippen LogP contribution in [0, 0.1) is 17.8 Å². The fraction of sp³-hybridized carbons (Fsp3) is 0.667. The van der Waals surface area contributed by atoms with E-state index in [4.69, 9.17) is 29.4 Å². The summed E-state index contributed by atoms with van der Waals surface area (Å²) in [5.41, 5.74) is 6.05. The van der Waals surface area contributed by atoms with Crippen molar-refractivity contribution in [3.8, 4) is 0 Å². The lowest BCUT2D eigenvalue weighted by atomic mass is 9.82. The third-order valence-corrected chi connectivity index (χ3v) is 12.2. The van der Waals surface area contributed by atoms with E-state index < -0.39 is 147 Å². The van der Waals surface area contributed by atoms with Crippen molar-refractivity contribution in [1.82, 2.24) is 0 Å². The summed E-state index contributed by atoms with van der Waals surface area (Å²) < 4.78 is 28.4. The van der Waals surface area contributed by atoms with Gasteiger partial charge in [-0.2, -0.15) is 0 Å². The Morgan fingerprint density at radius 3 is 1.83 bits per heavy atom. The highest BCUT2D eigenvalue weighted by Gasteiger charge is 2.51. The van der Waals surface area contributed by atoms with Crippen LogP contribution < -0.4 is 5.73 Å². The minimum atomic E-state index is -2.27. The predicted octanol–water partition coefficient (Wildman–Crippen LogP) is 0.800. The maximum Gasteiger partial charge on any atom is 0.313 e. The van der Waals surface area contributed by atoms with E-state index in [1.807, 2.05) is 37.3 Å². The van der Waals surface area contributed by atoms with E-state index >= 15 is 0 Å². The van der Waals surface area contributed by atoms with Crippen LogP contribution >= 0.6 is 0 Å². The van der Waals surface area contributed by atoms with Crippen molar-refractivity contribution in [1.29, 1.82) is 0 Å². The van der Waals surface area contributed by atoms with Crippen LogP contribution in [0.4, 0.5) is 0 Å². The zero-order chi connectivity index (χ0) is 49.1. The standard InChI is InChI=1S/C48H75NO17/c1-28-18-16-14-12-10-8-6-7-9-11-13-15-17-19-35(65-47-45(59)42(49)44(58)31(4)64-47)25-39-41(46(60)62-5)38(55)27-48(61,66-39)26-34(52)23-37(54)36(53)21-20-32(50)22-33(51)24-40(56)63-30(3)29(2)43(28)57/h6-19,28-39,41-45,47,50-55,57-59,61H,20-27,49H2,1-5H3/t28-,29-,30-,31+,32+,33+,34-,35-,36+,37+,38-,39-,41+,42-,43+,44+,45-,47-,48+/m0/s1/i4+1,31+1,42+1,44+1,45+1,47+1. The molecule has 2 fully saturated rings. The average Bonchev–Trinajstić information content (AvgIpc) is 3.24. The van der Waals surface area contributed by atoms with Crippen LogP contribution in [0.1, 0.15) is 79.1 Å². The molecule has 18 heteroatoms. The Balaban J connectivity index is 1.88. The number of methoxy groups -OCH3 is 1. The lowest BCUT2D eigenvalue weighted by Gasteiger charge is -2.45. The Kier molecular flexibility index (Phi) is 24.3. The Morgan fingerprint density at radius 1 is 0.667 bits per heavy atom. The van der Waals surface area contributed by atoms with Gasteiger partial charge in [-0.15, -0.1) is 0 Å². The molecule has 2 saturated heterocycles. The van der Waals surface area contributed by atoms with Gasteiger partial charge in [0.1, 0.15) is 18.1 Å². The Labute approximate surface area is 387 Å². The molecule has 12 N–H and O–H groups in total. The van der Waals surface area contributed by atoms with Gasteiger partial charge < -0.3 is 80.5 Å². The van der Waals surface area contributed by atoms with Crippen molar-refractivity contribution in [2.24, 2.45) is 23.5 Å². The first-order chi connectivity index (χ1) is 31.2. The third-order valence-electron chi connectivity index (χ3n) is 12.2. The van der Waals surface area contributed by atoms with Gasteiger partial charge in [0, 0.05) is 37.5 Å². The number of hydrogen-bond acceptors (Lipinski definition) is 18. The molecule has 0 amide bonds. The lowest BCUT2D eigenvalue weighted by molar-refractivity contribution is -0.308. The molecule has 0 radical (unpaired) electrons. The first-order valence-corrected chi connectivity index (χ1v) is 22.7. The molecule has 374 valence electrons. The van der Waals surface area contributed by atoms with Gasteiger partial charge in [-0.1, -0.05) is 98.9 Å². The first-order valence-electron chi connectivity index (χ1n) is 22.7. The fourth-order valence-electron chi connectivity index (χ4n) is 8.09. The zero-order valence-corrected chi connectivity index (χ0v) is 38.5. The molecule has 3 aliphatic heterocycles. The van der Waals surface area contributed by atoms with E-state index in [0.717, 1.165) is 7.11 Å². The molecule has 0 saturated carbocycles. The molecule has 0 aromatic carbocycles. The van der Waals surface area contributed by atoms with Crippen LogP contribution in [0.3, 0.4) is 0 Å². The molecule has 19 atom stereocenters. The van der Waals surface area contributed by atoms with Gasteiger partial charge in [0.15, 0.2) is 12.1 Å². The Morgan fingerprint density at radius 2 is 1.24 bits per heavy atom. The summed E-state index contributed by atoms with van der Waals surface area (Å²) in [4.78, 5) is 25.7. The van der Waals surface area contributed by atoms with Crippen LogP contribution in [0.15, 0.2) is 85.1 Å². The highest BCUT2D eigenvalue weighted by Crippen LogP contribution is 2.38. The molecule has 66 heavy (non-hydrogen) atoms. The van der Waals surface area contributed by atoms with Crippen LogP contribution in [0.2, 0.25) is 0 Å². The monoisotopic (exact) mass is 944 g/mol. The number of nitrogens with two attached hydrogens (primary N) is 1. The number of fused-ring (bicyclic) bond motifs is 2. The average molecular weight is 944 g/mol. The number of carbonyl (C=O) groups is 2. The number of cyclic esters (lactones) is 1. The summed E-state index contributed by atoms with van der Waals surface area (Å²) in [6, 6.07) is -1.13. The van der Waals surface area contributed by atoms with Crippen LogP contribution in [0.5, 0.6) is 0 Å². The molecule has 0 unspecified atom stereocenters. The van der Waals surface area contributed by atoms with Crippen LogP contribution in [-0.2, 0) is 33.3 Å².